The molecule has 0 atom stereocenters. The summed E-state index contributed by atoms with van der Waals surface area (Å²) in [5, 5.41) is 8.53. The zero-order valence-electron chi connectivity index (χ0n) is 5.45. The van der Waals surface area contributed by atoms with Crippen LogP contribution in [0, 0.1) is 0 Å². The molecule has 0 aromatic carbocycles. The second-order valence-electron chi connectivity index (χ2n) is 1.81. The van der Waals surface area contributed by atoms with Gasteiger partial charge in [-0.15, -0.1) is 0 Å². The number of halogens is 1. The van der Waals surface area contributed by atoms with Crippen molar-refractivity contribution in [2.45, 2.75) is 0 Å². The zero-order chi connectivity index (χ0) is 8.27. The third-order valence-electron chi connectivity index (χ3n) is 1.13. The predicted octanol–water partition coefficient (Wildman–Crippen LogP) is 1.94. The minimum atomic E-state index is -1.10. The Morgan fingerprint density at radius 2 is 2.45 bits per heavy atom. The van der Waals surface area contributed by atoms with Crippen molar-refractivity contribution in [3.8, 4) is 0 Å². The van der Waals surface area contributed by atoms with Crippen LogP contribution in [0.4, 0.5) is 0 Å². The van der Waals surface area contributed by atoms with E-state index < -0.39 is 5.97 Å². The van der Waals surface area contributed by atoms with E-state index in [1.807, 2.05) is 0 Å². The van der Waals surface area contributed by atoms with Gasteiger partial charge in [-0.3, -0.25) is 0 Å². The van der Waals surface area contributed by atoms with E-state index in [1.165, 1.54) is 12.3 Å². The van der Waals surface area contributed by atoms with Crippen molar-refractivity contribution in [1.29, 1.82) is 0 Å². The van der Waals surface area contributed by atoms with Gasteiger partial charge in [-0.05, 0) is 12.1 Å². The van der Waals surface area contributed by atoms with Gasteiger partial charge in [-0.25, -0.2) is 4.79 Å². The standard InChI is InChI=1S/C7H5ClO3/c8-4-5(7(9)10)6-2-1-3-11-6/h1-4H,(H,9,10). The molecule has 0 bridgehead atoms. The number of hydrogen-bond donors (Lipinski definition) is 1. The molecule has 1 heterocycles. The fourth-order valence-corrected chi connectivity index (χ4v) is 0.839. The van der Waals surface area contributed by atoms with Crippen molar-refractivity contribution in [1.82, 2.24) is 0 Å². The van der Waals surface area contributed by atoms with Crippen LogP contribution in [0.3, 0.4) is 0 Å². The maximum Gasteiger partial charge on any atom is 0.340 e. The van der Waals surface area contributed by atoms with Crippen molar-refractivity contribution in [3.63, 3.8) is 0 Å². The molecule has 58 valence electrons. The minimum Gasteiger partial charge on any atom is -0.478 e. The van der Waals surface area contributed by atoms with E-state index in [-0.39, 0.29) is 11.3 Å². The van der Waals surface area contributed by atoms with Crippen LogP contribution >= 0.6 is 11.6 Å². The zero-order valence-corrected chi connectivity index (χ0v) is 6.21. The Balaban J connectivity index is 2.99. The van der Waals surface area contributed by atoms with Crippen molar-refractivity contribution in [2.24, 2.45) is 0 Å². The van der Waals surface area contributed by atoms with Gasteiger partial charge in [0.15, 0.2) is 0 Å². The lowest BCUT2D eigenvalue weighted by atomic mass is 10.2. The average Bonchev–Trinajstić information content (AvgIpc) is 2.40. The highest BCUT2D eigenvalue weighted by molar-refractivity contribution is 6.34. The van der Waals surface area contributed by atoms with Crippen LogP contribution in [0.15, 0.2) is 28.3 Å². The molecule has 11 heavy (non-hydrogen) atoms. The topological polar surface area (TPSA) is 50.4 Å². The van der Waals surface area contributed by atoms with Crippen molar-refractivity contribution < 1.29 is 14.3 Å². The fourth-order valence-electron chi connectivity index (χ4n) is 0.638. The van der Waals surface area contributed by atoms with Crippen LogP contribution in [0.2, 0.25) is 0 Å². The number of furan rings is 1. The molecule has 0 aliphatic carbocycles. The van der Waals surface area contributed by atoms with Gasteiger partial charge < -0.3 is 9.52 Å². The minimum absolute atomic E-state index is 0.0448. The molecule has 0 fully saturated rings. The van der Waals surface area contributed by atoms with E-state index in [0.717, 1.165) is 5.54 Å². The third-order valence-corrected chi connectivity index (χ3v) is 1.34. The van der Waals surface area contributed by atoms with Gasteiger partial charge in [0.05, 0.1) is 6.26 Å². The molecule has 0 spiro atoms. The largest absolute Gasteiger partial charge is 0.478 e. The SMILES string of the molecule is O=C(O)C(=CCl)c1ccco1. The Morgan fingerprint density at radius 1 is 1.73 bits per heavy atom. The number of aliphatic carboxylic acids is 1. The van der Waals surface area contributed by atoms with Gasteiger partial charge in [0.2, 0.25) is 0 Å². The molecule has 0 radical (unpaired) electrons. The lowest BCUT2D eigenvalue weighted by Crippen LogP contribution is -1.96. The number of rotatable bonds is 2. The van der Waals surface area contributed by atoms with Gasteiger partial charge >= 0.3 is 5.97 Å². The van der Waals surface area contributed by atoms with Crippen molar-refractivity contribution in [2.75, 3.05) is 0 Å². The lowest BCUT2D eigenvalue weighted by molar-refractivity contribution is -0.130. The first-order valence-electron chi connectivity index (χ1n) is 2.83. The highest BCUT2D eigenvalue weighted by Crippen LogP contribution is 2.15. The maximum atomic E-state index is 10.4. The Bertz CT molecular complexity index is 274. The molecule has 0 aliphatic heterocycles. The molecule has 1 aromatic rings. The summed E-state index contributed by atoms with van der Waals surface area (Å²) in [6, 6.07) is 3.13. The maximum absolute atomic E-state index is 10.4. The summed E-state index contributed by atoms with van der Waals surface area (Å²) >= 11 is 5.25. The second-order valence-corrected chi connectivity index (χ2v) is 2.02. The highest BCUT2D eigenvalue weighted by Gasteiger charge is 2.11. The first kappa shape index (κ1) is 7.88. The van der Waals surface area contributed by atoms with Crippen LogP contribution < -0.4 is 0 Å². The van der Waals surface area contributed by atoms with Crippen molar-refractivity contribution >= 4 is 23.1 Å². The summed E-state index contributed by atoms with van der Waals surface area (Å²) in [5.41, 5.74) is 0.929. The van der Waals surface area contributed by atoms with Gasteiger partial charge in [0.1, 0.15) is 11.3 Å². The Kier molecular flexibility index (Phi) is 2.33. The van der Waals surface area contributed by atoms with Crippen LogP contribution in [-0.4, -0.2) is 11.1 Å². The molecular formula is C7H5ClO3. The van der Waals surface area contributed by atoms with E-state index in [4.69, 9.17) is 21.1 Å². The summed E-state index contributed by atoms with van der Waals surface area (Å²) in [7, 11) is 0. The van der Waals surface area contributed by atoms with Crippen LogP contribution in [0.1, 0.15) is 5.76 Å². The van der Waals surface area contributed by atoms with E-state index in [0.29, 0.717) is 0 Å². The van der Waals surface area contributed by atoms with Crippen LogP contribution in [-0.2, 0) is 4.79 Å². The second kappa shape index (κ2) is 3.25. The van der Waals surface area contributed by atoms with Crippen LogP contribution in [0.5, 0.6) is 0 Å². The number of carboxylic acid groups (broad SMARTS) is 1. The monoisotopic (exact) mass is 172 g/mol. The number of carbonyl (C=O) groups is 1. The molecule has 3 nitrogen and oxygen atoms in total. The molecule has 0 saturated heterocycles. The van der Waals surface area contributed by atoms with Gasteiger partial charge in [0, 0.05) is 5.54 Å². The molecule has 0 unspecified atom stereocenters. The summed E-state index contributed by atoms with van der Waals surface area (Å²) < 4.78 is 4.81. The van der Waals surface area contributed by atoms with E-state index >= 15 is 0 Å². The lowest BCUT2D eigenvalue weighted by Gasteiger charge is -1.92. The van der Waals surface area contributed by atoms with E-state index in [1.54, 1.807) is 6.07 Å². The number of carboxylic acids is 1. The molecule has 0 aliphatic rings. The summed E-state index contributed by atoms with van der Waals surface area (Å²) in [5.74, 6) is -0.845. The molecule has 1 aromatic heterocycles. The Hall–Kier alpha value is -1.22. The van der Waals surface area contributed by atoms with E-state index in [9.17, 15) is 4.79 Å². The summed E-state index contributed by atoms with van der Waals surface area (Å²) in [4.78, 5) is 10.4. The summed E-state index contributed by atoms with van der Waals surface area (Å²) in [6.07, 6.45) is 1.39. The molecule has 1 N–H and O–H groups in total. The highest BCUT2D eigenvalue weighted by atomic mass is 35.5. The smallest absolute Gasteiger partial charge is 0.340 e. The summed E-state index contributed by atoms with van der Waals surface area (Å²) in [6.45, 7) is 0. The van der Waals surface area contributed by atoms with Gasteiger partial charge in [-0.1, -0.05) is 11.6 Å². The molecule has 0 amide bonds. The first-order chi connectivity index (χ1) is 5.25. The van der Waals surface area contributed by atoms with Crippen LogP contribution in [0.25, 0.3) is 5.57 Å². The number of hydrogen-bond acceptors (Lipinski definition) is 2. The average molecular weight is 173 g/mol. The quantitative estimate of drug-likeness (QED) is 0.694. The molecule has 0 saturated carbocycles. The predicted molar refractivity (Wildman–Crippen MR) is 40.2 cm³/mol. The Labute approximate surface area is 67.9 Å². The van der Waals surface area contributed by atoms with E-state index in [2.05, 4.69) is 0 Å². The molecular weight excluding hydrogens is 168 g/mol. The normalized spacial score (nSPS) is 11.5. The molecule has 1 rings (SSSR count). The van der Waals surface area contributed by atoms with Gasteiger partial charge in [-0.2, -0.15) is 0 Å². The van der Waals surface area contributed by atoms with Crippen molar-refractivity contribution in [3.05, 3.63) is 29.7 Å². The first-order valence-corrected chi connectivity index (χ1v) is 3.27. The molecule has 4 heteroatoms. The fraction of sp³-hybridized carbons (Fsp3) is 0. The Morgan fingerprint density at radius 3 is 2.82 bits per heavy atom. The third kappa shape index (κ3) is 1.62. The van der Waals surface area contributed by atoms with Gasteiger partial charge in [0.25, 0.3) is 0 Å².